The van der Waals surface area contributed by atoms with Crippen molar-refractivity contribution in [1.82, 2.24) is 0 Å². The fourth-order valence-electron chi connectivity index (χ4n) is 4.22. The molecule has 6 nitrogen and oxygen atoms in total. The van der Waals surface area contributed by atoms with Crippen LogP contribution in [0.5, 0.6) is 23.0 Å². The predicted molar refractivity (Wildman–Crippen MR) is 167 cm³/mol. The number of rotatable bonds is 5. The number of nitrogen functional groups attached to an aromatic ring is 4. The Balaban J connectivity index is 0.000000223. The highest BCUT2D eigenvalue weighted by Gasteiger charge is 2.15. The minimum absolute atomic E-state index is 0.614. The molecule has 0 unspecified atom stereocenters. The van der Waals surface area contributed by atoms with Gasteiger partial charge in [0.2, 0.25) is 0 Å². The number of hydrogen-bond donors (Lipinski definition) is 4. The molecule has 6 aromatic carbocycles. The molecule has 0 saturated carbocycles. The minimum atomic E-state index is 0.614. The molecule has 0 bridgehead atoms. The number of benzene rings is 6. The van der Waals surface area contributed by atoms with Crippen LogP contribution >= 0.6 is 0 Å². The van der Waals surface area contributed by atoms with Crippen molar-refractivity contribution < 1.29 is 9.47 Å². The van der Waals surface area contributed by atoms with Crippen LogP contribution in [0.15, 0.2) is 133 Å². The lowest BCUT2D eigenvalue weighted by atomic mass is 10.0. The van der Waals surface area contributed by atoms with Gasteiger partial charge in [0.25, 0.3) is 0 Å². The summed E-state index contributed by atoms with van der Waals surface area (Å²) in [5, 5.41) is 2.05. The van der Waals surface area contributed by atoms with Gasteiger partial charge in [0, 0.05) is 39.1 Å². The van der Waals surface area contributed by atoms with Gasteiger partial charge in [0.15, 0.2) is 11.5 Å². The van der Waals surface area contributed by atoms with E-state index >= 15 is 0 Å². The Kier molecular flexibility index (Phi) is 7.69. The first kappa shape index (κ1) is 26.0. The summed E-state index contributed by atoms with van der Waals surface area (Å²) in [6.07, 6.45) is 0. The maximum atomic E-state index is 6.24. The van der Waals surface area contributed by atoms with E-state index in [9.17, 15) is 0 Å². The first-order valence-electron chi connectivity index (χ1n) is 12.8. The first-order valence-corrected chi connectivity index (χ1v) is 12.8. The van der Waals surface area contributed by atoms with Crippen LogP contribution < -0.4 is 32.4 Å². The molecule has 0 fully saturated rings. The third kappa shape index (κ3) is 6.09. The third-order valence-corrected chi connectivity index (χ3v) is 6.26. The molecule has 0 amide bonds. The molecule has 0 aliphatic carbocycles. The maximum Gasteiger partial charge on any atom is 0.177 e. The summed E-state index contributed by atoms with van der Waals surface area (Å²) in [5.41, 5.74) is 28.0. The van der Waals surface area contributed by atoms with Gasteiger partial charge in [-0.2, -0.15) is 0 Å². The Hall–Kier alpha value is -5.62. The van der Waals surface area contributed by atoms with E-state index in [0.717, 1.165) is 33.3 Å². The number of ether oxygens (including phenoxy) is 2. The average Bonchev–Trinajstić information content (AvgIpc) is 2.98. The molecule has 198 valence electrons. The van der Waals surface area contributed by atoms with E-state index in [1.54, 1.807) is 24.3 Å². The number of para-hydroxylation sites is 1. The molecule has 40 heavy (non-hydrogen) atoms. The maximum absolute atomic E-state index is 6.24. The summed E-state index contributed by atoms with van der Waals surface area (Å²) in [6.45, 7) is 0. The van der Waals surface area contributed by atoms with Crippen molar-refractivity contribution in [2.45, 2.75) is 0 Å². The highest BCUT2D eigenvalue weighted by molar-refractivity contribution is 5.99. The van der Waals surface area contributed by atoms with E-state index in [1.807, 2.05) is 109 Å². The van der Waals surface area contributed by atoms with Gasteiger partial charge < -0.3 is 32.4 Å². The zero-order chi connectivity index (χ0) is 27.9. The van der Waals surface area contributed by atoms with E-state index in [0.29, 0.717) is 34.4 Å². The van der Waals surface area contributed by atoms with Crippen LogP contribution in [0.2, 0.25) is 0 Å². The molecule has 0 saturated heterocycles. The van der Waals surface area contributed by atoms with E-state index in [1.165, 1.54) is 0 Å². The van der Waals surface area contributed by atoms with Gasteiger partial charge in [0.05, 0.1) is 0 Å². The van der Waals surface area contributed by atoms with Crippen molar-refractivity contribution >= 4 is 33.5 Å². The van der Waals surface area contributed by atoms with Gasteiger partial charge in [-0.3, -0.25) is 0 Å². The summed E-state index contributed by atoms with van der Waals surface area (Å²) in [5.74, 6) is 2.61. The normalized spacial score (nSPS) is 10.4. The van der Waals surface area contributed by atoms with E-state index < -0.39 is 0 Å². The van der Waals surface area contributed by atoms with Crippen molar-refractivity contribution in [2.24, 2.45) is 0 Å². The zero-order valence-corrected chi connectivity index (χ0v) is 21.8. The summed E-state index contributed by atoms with van der Waals surface area (Å²) < 4.78 is 12.4. The molecule has 0 heterocycles. The Bertz CT molecular complexity index is 1680. The Morgan fingerprint density at radius 3 is 1.45 bits per heavy atom. The number of nitrogens with two attached hydrogens (primary N) is 4. The van der Waals surface area contributed by atoms with E-state index in [4.69, 9.17) is 32.4 Å². The second kappa shape index (κ2) is 11.8. The second-order valence-corrected chi connectivity index (χ2v) is 9.13. The largest absolute Gasteiger partial charge is 0.453 e. The van der Waals surface area contributed by atoms with Crippen LogP contribution in [0.1, 0.15) is 0 Å². The van der Waals surface area contributed by atoms with Crippen LogP contribution in [0.25, 0.3) is 21.9 Å². The average molecular weight is 527 g/mol. The lowest BCUT2D eigenvalue weighted by Crippen LogP contribution is -1.94. The summed E-state index contributed by atoms with van der Waals surface area (Å²) in [4.78, 5) is 0. The van der Waals surface area contributed by atoms with Gasteiger partial charge in [0.1, 0.15) is 11.5 Å². The topological polar surface area (TPSA) is 123 Å². The number of hydrogen-bond acceptors (Lipinski definition) is 6. The van der Waals surface area contributed by atoms with E-state index in [2.05, 4.69) is 0 Å². The van der Waals surface area contributed by atoms with Crippen LogP contribution in [0, 0.1) is 0 Å². The molecule has 0 aromatic heterocycles. The lowest BCUT2D eigenvalue weighted by Gasteiger charge is -2.16. The molecular weight excluding hydrogens is 496 g/mol. The highest BCUT2D eigenvalue weighted by atomic mass is 16.5. The minimum Gasteiger partial charge on any atom is -0.453 e. The Morgan fingerprint density at radius 1 is 0.400 bits per heavy atom. The molecule has 0 atom stereocenters. The zero-order valence-electron chi connectivity index (χ0n) is 21.8. The molecule has 6 aromatic rings. The number of anilines is 4. The van der Waals surface area contributed by atoms with Gasteiger partial charge in [-0.15, -0.1) is 0 Å². The SMILES string of the molecule is Nc1ccc(Oc2cccc(-c3ccccc3)c2Oc2ccc(N)cc2)cc1.Nc1cccc2c(N)cccc12. The smallest absolute Gasteiger partial charge is 0.177 e. The quantitative estimate of drug-likeness (QED) is 0.168. The Labute approximate surface area is 233 Å². The predicted octanol–water partition coefficient (Wildman–Crippen LogP) is 8.11. The molecule has 6 heteroatoms. The standard InChI is InChI=1S/C24H20N2O2.C10H10N2/c25-18-9-13-20(14-10-18)27-23-8-4-7-22(17-5-2-1-3-6-17)24(23)28-21-15-11-19(26)12-16-21;11-9-5-1-3-7-8(9)4-2-6-10(7)12/h1-16H,25-26H2;1-6H,11-12H2. The molecule has 8 N–H and O–H groups in total. The van der Waals surface area contributed by atoms with Gasteiger partial charge in [-0.25, -0.2) is 0 Å². The summed E-state index contributed by atoms with van der Waals surface area (Å²) in [6, 6.07) is 42.0. The summed E-state index contributed by atoms with van der Waals surface area (Å²) in [7, 11) is 0. The second-order valence-electron chi connectivity index (χ2n) is 9.13. The monoisotopic (exact) mass is 526 g/mol. The molecule has 0 aliphatic rings. The molecule has 0 aliphatic heterocycles. The fourth-order valence-corrected chi connectivity index (χ4v) is 4.22. The van der Waals surface area contributed by atoms with Crippen molar-refractivity contribution in [3.63, 3.8) is 0 Å². The fraction of sp³-hybridized carbons (Fsp3) is 0. The van der Waals surface area contributed by atoms with Crippen molar-refractivity contribution in [2.75, 3.05) is 22.9 Å². The molecule has 0 radical (unpaired) electrons. The first-order chi connectivity index (χ1) is 19.5. The highest BCUT2D eigenvalue weighted by Crippen LogP contribution is 2.42. The van der Waals surface area contributed by atoms with E-state index in [-0.39, 0.29) is 0 Å². The lowest BCUT2D eigenvalue weighted by molar-refractivity contribution is 0.420. The van der Waals surface area contributed by atoms with Gasteiger partial charge >= 0.3 is 0 Å². The van der Waals surface area contributed by atoms with Crippen molar-refractivity contribution in [1.29, 1.82) is 0 Å². The van der Waals surface area contributed by atoms with Gasteiger partial charge in [-0.05, 0) is 72.3 Å². The van der Waals surface area contributed by atoms with Crippen LogP contribution in [0.3, 0.4) is 0 Å². The molecular formula is C34H30N4O2. The summed E-state index contributed by atoms with van der Waals surface area (Å²) >= 11 is 0. The Morgan fingerprint density at radius 2 is 0.900 bits per heavy atom. The van der Waals surface area contributed by atoms with Crippen LogP contribution in [-0.2, 0) is 0 Å². The van der Waals surface area contributed by atoms with Crippen LogP contribution in [-0.4, -0.2) is 0 Å². The van der Waals surface area contributed by atoms with Crippen molar-refractivity contribution in [3.05, 3.63) is 133 Å². The van der Waals surface area contributed by atoms with Gasteiger partial charge in [-0.1, -0.05) is 66.7 Å². The van der Waals surface area contributed by atoms with Crippen LogP contribution in [0.4, 0.5) is 22.7 Å². The van der Waals surface area contributed by atoms with Crippen molar-refractivity contribution in [3.8, 4) is 34.1 Å². The third-order valence-electron chi connectivity index (χ3n) is 6.26. The number of fused-ring (bicyclic) bond motifs is 1. The molecule has 6 rings (SSSR count). The molecule has 0 spiro atoms.